The van der Waals surface area contributed by atoms with Crippen molar-refractivity contribution in [2.24, 2.45) is 11.8 Å². The molecule has 2 rings (SSSR count). The SMILES string of the molecule is CC1CCC(C(O)c2ccc(Br)c(F)c2)CC1. The van der Waals surface area contributed by atoms with Crippen LogP contribution in [-0.2, 0) is 0 Å². The molecule has 1 aliphatic rings. The summed E-state index contributed by atoms with van der Waals surface area (Å²) >= 11 is 3.13. The summed E-state index contributed by atoms with van der Waals surface area (Å²) in [5.41, 5.74) is 0.699. The minimum Gasteiger partial charge on any atom is -0.388 e. The van der Waals surface area contributed by atoms with Crippen molar-refractivity contribution in [2.75, 3.05) is 0 Å². The molecule has 1 nitrogen and oxygen atoms in total. The van der Waals surface area contributed by atoms with E-state index >= 15 is 0 Å². The highest BCUT2D eigenvalue weighted by molar-refractivity contribution is 9.10. The van der Waals surface area contributed by atoms with Crippen molar-refractivity contribution < 1.29 is 9.50 Å². The third-order valence-electron chi connectivity index (χ3n) is 3.79. The molecule has 1 aromatic rings. The van der Waals surface area contributed by atoms with Gasteiger partial charge in [0, 0.05) is 0 Å². The van der Waals surface area contributed by atoms with Crippen molar-refractivity contribution in [3.05, 3.63) is 34.1 Å². The number of rotatable bonds is 2. The van der Waals surface area contributed by atoms with Gasteiger partial charge in [-0.2, -0.15) is 0 Å². The van der Waals surface area contributed by atoms with Gasteiger partial charge in [0.25, 0.3) is 0 Å². The number of benzene rings is 1. The van der Waals surface area contributed by atoms with Crippen molar-refractivity contribution in [1.82, 2.24) is 0 Å². The quantitative estimate of drug-likeness (QED) is 0.855. The van der Waals surface area contributed by atoms with E-state index in [9.17, 15) is 9.50 Å². The Morgan fingerprint density at radius 1 is 1.29 bits per heavy atom. The Bertz CT molecular complexity index is 386. The lowest BCUT2D eigenvalue weighted by atomic mass is 9.78. The molecule has 0 aliphatic heterocycles. The van der Waals surface area contributed by atoms with E-state index in [0.717, 1.165) is 18.8 Å². The standard InChI is InChI=1S/C14H18BrFO/c1-9-2-4-10(5-3-9)14(17)11-6-7-12(15)13(16)8-11/h6-10,14,17H,2-5H2,1H3. The number of hydrogen-bond acceptors (Lipinski definition) is 1. The molecule has 1 fully saturated rings. The van der Waals surface area contributed by atoms with Gasteiger partial charge >= 0.3 is 0 Å². The van der Waals surface area contributed by atoms with Gasteiger partial charge in [0.2, 0.25) is 0 Å². The molecule has 0 aromatic heterocycles. The predicted molar refractivity (Wildman–Crippen MR) is 70.2 cm³/mol. The number of hydrogen-bond donors (Lipinski definition) is 1. The average molecular weight is 301 g/mol. The molecule has 1 N–H and O–H groups in total. The number of halogens is 2. The van der Waals surface area contributed by atoms with Crippen molar-refractivity contribution in [3.8, 4) is 0 Å². The topological polar surface area (TPSA) is 20.2 Å². The van der Waals surface area contributed by atoms with Gasteiger partial charge < -0.3 is 5.11 Å². The predicted octanol–water partition coefficient (Wildman–Crippen LogP) is 4.45. The van der Waals surface area contributed by atoms with Crippen LogP contribution in [0.4, 0.5) is 4.39 Å². The first-order valence-electron chi connectivity index (χ1n) is 6.21. The second-order valence-corrected chi connectivity index (χ2v) is 5.99. The zero-order chi connectivity index (χ0) is 12.4. The zero-order valence-corrected chi connectivity index (χ0v) is 11.6. The summed E-state index contributed by atoms with van der Waals surface area (Å²) in [6, 6.07) is 4.90. The van der Waals surface area contributed by atoms with Crippen LogP contribution in [0.15, 0.2) is 22.7 Å². The van der Waals surface area contributed by atoms with Gasteiger partial charge in [-0.25, -0.2) is 4.39 Å². The molecular formula is C14H18BrFO. The van der Waals surface area contributed by atoms with Crippen LogP contribution in [0.5, 0.6) is 0 Å². The summed E-state index contributed by atoms with van der Waals surface area (Å²) in [5.74, 6) is 0.748. The Hall–Kier alpha value is -0.410. The zero-order valence-electron chi connectivity index (χ0n) is 10.00. The number of aliphatic hydroxyl groups excluding tert-OH is 1. The van der Waals surface area contributed by atoms with E-state index in [4.69, 9.17) is 0 Å². The van der Waals surface area contributed by atoms with Crippen LogP contribution < -0.4 is 0 Å². The molecule has 1 aromatic carbocycles. The van der Waals surface area contributed by atoms with E-state index in [-0.39, 0.29) is 11.7 Å². The van der Waals surface area contributed by atoms with Gasteiger partial charge in [-0.15, -0.1) is 0 Å². The fourth-order valence-electron chi connectivity index (χ4n) is 2.57. The summed E-state index contributed by atoms with van der Waals surface area (Å²) in [6.45, 7) is 2.25. The van der Waals surface area contributed by atoms with Crippen molar-refractivity contribution >= 4 is 15.9 Å². The molecule has 0 bridgehead atoms. The van der Waals surface area contributed by atoms with E-state index < -0.39 is 6.10 Å². The highest BCUT2D eigenvalue weighted by atomic mass is 79.9. The third-order valence-corrected chi connectivity index (χ3v) is 4.44. The van der Waals surface area contributed by atoms with E-state index in [0.29, 0.717) is 10.0 Å². The molecular weight excluding hydrogens is 283 g/mol. The summed E-state index contributed by atoms with van der Waals surface area (Å²) in [4.78, 5) is 0. The first-order valence-corrected chi connectivity index (χ1v) is 7.00. The largest absolute Gasteiger partial charge is 0.388 e. The normalized spacial score (nSPS) is 26.8. The Morgan fingerprint density at radius 3 is 2.53 bits per heavy atom. The maximum atomic E-state index is 13.4. The van der Waals surface area contributed by atoms with Crippen LogP contribution in [0.1, 0.15) is 44.3 Å². The minimum absolute atomic E-state index is 0.284. The number of aliphatic hydroxyl groups is 1. The van der Waals surface area contributed by atoms with Gasteiger partial charge in [0.15, 0.2) is 0 Å². The Labute approximate surface area is 110 Å². The molecule has 0 heterocycles. The minimum atomic E-state index is -0.523. The molecule has 0 radical (unpaired) electrons. The summed E-state index contributed by atoms with van der Waals surface area (Å²) in [6.07, 6.45) is 3.90. The maximum Gasteiger partial charge on any atom is 0.137 e. The second-order valence-electron chi connectivity index (χ2n) is 5.14. The average Bonchev–Trinajstić information content (AvgIpc) is 2.33. The van der Waals surface area contributed by atoms with Gasteiger partial charge in [-0.3, -0.25) is 0 Å². The van der Waals surface area contributed by atoms with Crippen LogP contribution in [0.25, 0.3) is 0 Å². The van der Waals surface area contributed by atoms with Crippen LogP contribution in [0, 0.1) is 17.7 Å². The molecule has 94 valence electrons. The second kappa shape index (κ2) is 5.49. The molecule has 1 saturated carbocycles. The molecule has 1 aliphatic carbocycles. The van der Waals surface area contributed by atoms with Gasteiger partial charge in [0.1, 0.15) is 5.82 Å². The molecule has 0 amide bonds. The molecule has 17 heavy (non-hydrogen) atoms. The maximum absolute atomic E-state index is 13.4. The van der Waals surface area contributed by atoms with E-state index in [2.05, 4.69) is 22.9 Å². The van der Waals surface area contributed by atoms with Gasteiger partial charge in [-0.05, 0) is 58.3 Å². The third kappa shape index (κ3) is 3.08. The Kier molecular flexibility index (Phi) is 4.21. The summed E-state index contributed by atoms with van der Waals surface area (Å²) < 4.78 is 13.9. The first kappa shape index (κ1) is 13.0. The highest BCUT2D eigenvalue weighted by Crippen LogP contribution is 2.37. The van der Waals surface area contributed by atoms with Crippen LogP contribution in [-0.4, -0.2) is 5.11 Å². The molecule has 3 heteroatoms. The van der Waals surface area contributed by atoms with E-state index in [1.165, 1.54) is 18.9 Å². The van der Waals surface area contributed by atoms with Crippen LogP contribution in [0.2, 0.25) is 0 Å². The molecule has 0 spiro atoms. The van der Waals surface area contributed by atoms with E-state index in [1.54, 1.807) is 12.1 Å². The fourth-order valence-corrected chi connectivity index (χ4v) is 2.82. The first-order chi connectivity index (χ1) is 8.08. The van der Waals surface area contributed by atoms with Crippen molar-refractivity contribution in [2.45, 2.75) is 38.7 Å². The lowest BCUT2D eigenvalue weighted by Gasteiger charge is -2.30. The van der Waals surface area contributed by atoms with Crippen LogP contribution in [0.3, 0.4) is 0 Å². The Balaban J connectivity index is 2.08. The van der Waals surface area contributed by atoms with E-state index in [1.807, 2.05) is 0 Å². The smallest absolute Gasteiger partial charge is 0.137 e. The van der Waals surface area contributed by atoms with Gasteiger partial charge in [-0.1, -0.05) is 25.8 Å². The monoisotopic (exact) mass is 300 g/mol. The summed E-state index contributed by atoms with van der Waals surface area (Å²) in [7, 11) is 0. The molecule has 1 unspecified atom stereocenters. The van der Waals surface area contributed by atoms with Crippen molar-refractivity contribution in [3.63, 3.8) is 0 Å². The highest BCUT2D eigenvalue weighted by Gasteiger charge is 2.26. The fraction of sp³-hybridized carbons (Fsp3) is 0.571. The lowest BCUT2D eigenvalue weighted by molar-refractivity contribution is 0.0753. The Morgan fingerprint density at radius 2 is 1.94 bits per heavy atom. The molecule has 1 atom stereocenters. The van der Waals surface area contributed by atoms with Crippen molar-refractivity contribution in [1.29, 1.82) is 0 Å². The summed E-state index contributed by atoms with van der Waals surface area (Å²) in [5, 5.41) is 10.3. The molecule has 0 saturated heterocycles. The van der Waals surface area contributed by atoms with Gasteiger partial charge in [0.05, 0.1) is 10.6 Å². The van der Waals surface area contributed by atoms with Crippen LogP contribution >= 0.6 is 15.9 Å². The lowest BCUT2D eigenvalue weighted by Crippen LogP contribution is -2.19.